The summed E-state index contributed by atoms with van der Waals surface area (Å²) < 4.78 is 79.0. The fourth-order valence-electron chi connectivity index (χ4n) is 21.8. The second-order valence-electron chi connectivity index (χ2n) is 43.8. The molecule has 0 atom stereocenters. The van der Waals surface area contributed by atoms with Gasteiger partial charge in [-0.15, -0.1) is 0 Å². The van der Waals surface area contributed by atoms with E-state index < -0.39 is 0 Å². The van der Waals surface area contributed by atoms with Crippen molar-refractivity contribution in [3.63, 3.8) is 0 Å². The molecule has 8 aliphatic rings. The van der Waals surface area contributed by atoms with Gasteiger partial charge in [0.05, 0.1) is 18.8 Å². The molecule has 0 amide bonds. The Morgan fingerprint density at radius 2 is 0.623 bits per heavy atom. The molecule has 13 heteroatoms. The largest absolute Gasteiger partial charge is 0.493 e. The molecular weight excluding hydrogens is 1810 g/mol. The summed E-state index contributed by atoms with van der Waals surface area (Å²) in [5.74, 6) is 11.6. The minimum atomic E-state index is -0.320. The van der Waals surface area contributed by atoms with Crippen LogP contribution in [0.5, 0.6) is 74.7 Å². The highest BCUT2D eigenvalue weighted by Crippen LogP contribution is 2.56. The first-order valence-corrected chi connectivity index (χ1v) is 53.2. The van der Waals surface area contributed by atoms with Crippen LogP contribution in [0.2, 0.25) is 0 Å². The summed E-state index contributed by atoms with van der Waals surface area (Å²) in [5.41, 5.74) is 26.5. The lowest BCUT2D eigenvalue weighted by Gasteiger charge is -2.32. The Balaban J connectivity index is 0.000000111. The lowest BCUT2D eigenvalue weighted by Crippen LogP contribution is -2.24. The Morgan fingerprint density at radius 3 is 1.23 bits per heavy atom. The van der Waals surface area contributed by atoms with Crippen molar-refractivity contribution < 1.29 is 61.6 Å². The number of benzene rings is 16. The first-order valence-electron chi connectivity index (χ1n) is 53.2. The van der Waals surface area contributed by atoms with Crippen molar-refractivity contribution in [2.45, 2.75) is 255 Å². The molecule has 0 unspecified atom stereocenters. The van der Waals surface area contributed by atoms with Crippen LogP contribution in [0.1, 0.15) is 212 Å². The van der Waals surface area contributed by atoms with Crippen molar-refractivity contribution in [1.82, 2.24) is 0 Å². The average Bonchev–Trinajstić information content (AvgIpc) is 0.960. The molecule has 0 fully saturated rings. The summed E-state index contributed by atoms with van der Waals surface area (Å²) in [7, 11) is 0. The molecule has 4 aliphatic carbocycles. The van der Waals surface area contributed by atoms with Crippen molar-refractivity contribution in [1.29, 1.82) is 0 Å². The Labute approximate surface area is 864 Å². The first kappa shape index (κ1) is 101. The number of aryl methyl sites for hydroxylation is 4. The third-order valence-electron chi connectivity index (χ3n) is 27.6. The van der Waals surface area contributed by atoms with Crippen LogP contribution in [0.25, 0.3) is 110 Å². The van der Waals surface area contributed by atoms with Crippen molar-refractivity contribution in [2.75, 3.05) is 39.8 Å². The van der Waals surface area contributed by atoms with Crippen LogP contribution < -0.4 is 61.6 Å². The van der Waals surface area contributed by atoms with Gasteiger partial charge in [0.25, 0.3) is 0 Å². The second kappa shape index (κ2) is 44.1. The summed E-state index contributed by atoms with van der Waals surface area (Å²) in [5, 5.41) is 9.51. The zero-order valence-corrected chi connectivity index (χ0v) is 88.3. The standard InChI is InChI=1S/C26H32O3.C26H24O3.C24H30O.C24H22O.C18H18O4.C15H16O/c2*1-26(2,3)29-21-13-12-17-8-4-6-10-19(17)23(21)24-20-11-7-5-9-18(20)16-22-25(24)28-15-14-27-22;2*1-24(2,3)25-22-16-15-18-10-5-7-13-20(18)23(22)21-14-8-11-17-9-4-6-12-19(17)21;1-11(2)22-15-7-6-14-12(8-9-19-14)17(15)13-4-3-5-16-18(13)21-10-20-16;1-12(2)16-15-11-7-6-10-14(15)13-8-4-3-5-9-13/h12-13,16H,4-11,14-15H2,1-3H3;4-13,16H,14-15H2,1-3H3;8,11,14-16H,4-7,9-10,12-13H2,1-3H3;4-16H,1-3H3;3-7,11H,8-10H2,1-2H3;3-12H,1-2H3. The molecule has 13 nitrogen and oxygen atoms in total. The highest BCUT2D eigenvalue weighted by Gasteiger charge is 2.36. The molecule has 0 saturated heterocycles. The second-order valence-corrected chi connectivity index (χ2v) is 43.8. The van der Waals surface area contributed by atoms with E-state index in [0.29, 0.717) is 33.0 Å². The Hall–Kier alpha value is -14.0. The van der Waals surface area contributed by atoms with Gasteiger partial charge in [0.15, 0.2) is 34.5 Å². The fourth-order valence-corrected chi connectivity index (χ4v) is 21.8. The summed E-state index contributed by atoms with van der Waals surface area (Å²) in [6.45, 7) is 36.8. The fraction of sp³-hybridized carbons (Fsp3) is 0.338. The van der Waals surface area contributed by atoms with E-state index in [1.807, 2.05) is 88.4 Å². The van der Waals surface area contributed by atoms with Crippen LogP contribution in [-0.2, 0) is 57.8 Å². The van der Waals surface area contributed by atoms with E-state index >= 15 is 0 Å². The van der Waals surface area contributed by atoms with Crippen molar-refractivity contribution >= 4 is 43.1 Å². The number of hydrogen-bond acceptors (Lipinski definition) is 13. The van der Waals surface area contributed by atoms with E-state index in [1.165, 1.54) is 176 Å². The molecule has 0 N–H and O–H groups in total. The predicted molar refractivity (Wildman–Crippen MR) is 598 cm³/mol. The molecule has 16 aromatic carbocycles. The molecule has 4 heterocycles. The Morgan fingerprint density at radius 1 is 0.219 bits per heavy atom. The maximum atomic E-state index is 6.54. The quantitative estimate of drug-likeness (QED) is 0.103. The normalized spacial score (nSPS) is 14.6. The molecule has 0 radical (unpaired) electrons. The highest BCUT2D eigenvalue weighted by molar-refractivity contribution is 6.12. The molecule has 16 aromatic rings. The van der Waals surface area contributed by atoms with Gasteiger partial charge in [-0.1, -0.05) is 218 Å². The van der Waals surface area contributed by atoms with Gasteiger partial charge in [-0.2, -0.15) is 0 Å². The Bertz CT molecular complexity index is 7340. The SMILES string of the molecule is CC(C)(C)Oc1ccc2c(c1-c1c3c(cc4c1OCCO4)CCCC3)CCCC2.CC(C)(C)Oc1ccc2c(c1-c1cccc3c1CCCC3)CCCC2.CC(C)(C)Oc1ccc2ccccc2c1-c1c2c(cc3ccccc13)OCCO2.CC(C)(C)Oc1ccc2ccccc2c1-c1cccc2ccccc12.CC(C)Oc1ccc2c(c1-c1cccc3c1OCO3)CCO2.CC(C)Oc1ccccc1-c1ccccc1. The van der Waals surface area contributed by atoms with Crippen LogP contribution in [0, 0.1) is 0 Å². The maximum Gasteiger partial charge on any atom is 0.231 e. The van der Waals surface area contributed by atoms with E-state index in [4.69, 9.17) is 61.6 Å². The van der Waals surface area contributed by atoms with Gasteiger partial charge in [0.2, 0.25) is 6.79 Å². The van der Waals surface area contributed by atoms with Crippen LogP contribution in [0.4, 0.5) is 0 Å². The van der Waals surface area contributed by atoms with Gasteiger partial charge in [-0.25, -0.2) is 0 Å². The van der Waals surface area contributed by atoms with Crippen LogP contribution in [-0.4, -0.2) is 74.4 Å². The minimum Gasteiger partial charge on any atom is -0.493 e. The van der Waals surface area contributed by atoms with Gasteiger partial charge in [0.1, 0.15) is 89.1 Å². The van der Waals surface area contributed by atoms with Gasteiger partial charge in [-0.05, 0) is 378 Å². The topological polar surface area (TPSA) is 120 Å². The van der Waals surface area contributed by atoms with Crippen molar-refractivity contribution in [3.05, 3.63) is 329 Å². The molecule has 752 valence electrons. The Kier molecular flexibility index (Phi) is 30.4. The third kappa shape index (κ3) is 23.1. The number of rotatable bonds is 14. The number of hydrogen-bond donors (Lipinski definition) is 0. The monoisotopic (exact) mass is 1950 g/mol. The van der Waals surface area contributed by atoms with Gasteiger partial charge < -0.3 is 61.6 Å². The first-order chi connectivity index (χ1) is 70.6. The minimum absolute atomic E-state index is 0.105. The lowest BCUT2D eigenvalue weighted by atomic mass is 9.80. The molecule has 4 aliphatic heterocycles. The van der Waals surface area contributed by atoms with Gasteiger partial charge in [-0.3, -0.25) is 0 Å². The van der Waals surface area contributed by atoms with Gasteiger partial charge in [0, 0.05) is 62.1 Å². The average molecular weight is 1950 g/mol. The summed E-state index contributed by atoms with van der Waals surface area (Å²) >= 11 is 0. The van der Waals surface area contributed by atoms with Crippen LogP contribution in [0.3, 0.4) is 0 Å². The van der Waals surface area contributed by atoms with E-state index in [0.717, 1.165) is 151 Å². The van der Waals surface area contributed by atoms with Gasteiger partial charge >= 0.3 is 0 Å². The zero-order chi connectivity index (χ0) is 101. The predicted octanol–water partition coefficient (Wildman–Crippen LogP) is 33.7. The van der Waals surface area contributed by atoms with E-state index in [-0.39, 0.29) is 41.4 Å². The van der Waals surface area contributed by atoms with E-state index in [2.05, 4.69) is 301 Å². The smallest absolute Gasteiger partial charge is 0.231 e. The molecule has 0 spiro atoms. The third-order valence-corrected chi connectivity index (χ3v) is 27.6. The number of para-hydroxylation sites is 2. The van der Waals surface area contributed by atoms with Crippen LogP contribution >= 0.6 is 0 Å². The van der Waals surface area contributed by atoms with Crippen molar-refractivity contribution in [2.24, 2.45) is 0 Å². The molecule has 0 bridgehead atoms. The van der Waals surface area contributed by atoms with E-state index in [9.17, 15) is 0 Å². The molecule has 146 heavy (non-hydrogen) atoms. The zero-order valence-electron chi connectivity index (χ0n) is 88.3. The van der Waals surface area contributed by atoms with E-state index in [1.54, 1.807) is 16.7 Å². The molecule has 0 saturated carbocycles. The summed E-state index contributed by atoms with van der Waals surface area (Å²) in [6, 6.07) is 97.4. The molecular formula is C133H142O13. The number of fused-ring (bicyclic) bond motifs is 12. The van der Waals surface area contributed by atoms with Crippen molar-refractivity contribution in [3.8, 4) is 142 Å². The molecule has 24 rings (SSSR count). The lowest BCUT2D eigenvalue weighted by molar-refractivity contribution is 0.131. The summed E-state index contributed by atoms with van der Waals surface area (Å²) in [6.07, 6.45) is 20.8. The summed E-state index contributed by atoms with van der Waals surface area (Å²) in [4.78, 5) is 0. The van der Waals surface area contributed by atoms with Crippen LogP contribution in [0.15, 0.2) is 279 Å². The molecule has 0 aromatic heterocycles. The maximum absolute atomic E-state index is 6.54. The highest BCUT2D eigenvalue weighted by atomic mass is 16.7. The number of ether oxygens (including phenoxy) is 13.